The van der Waals surface area contributed by atoms with Crippen LogP contribution in [0.3, 0.4) is 0 Å². The Balaban J connectivity index is 1.77. The molecule has 5 rings (SSSR count). The normalized spacial score (nSPS) is 11.3. The lowest BCUT2D eigenvalue weighted by atomic mass is 10.1. The average Bonchev–Trinajstić information content (AvgIpc) is 2.76. The molecule has 0 spiro atoms. The monoisotopic (exact) mass is 427 g/mol. The van der Waals surface area contributed by atoms with E-state index in [1.54, 1.807) is 53.4 Å². The van der Waals surface area contributed by atoms with Crippen LogP contribution in [0, 0.1) is 13.8 Å². The first kappa shape index (κ1) is 19.3. The number of nitrogens with zero attached hydrogens (tertiary/aromatic N) is 3. The van der Waals surface area contributed by atoms with Gasteiger partial charge in [-0.1, -0.05) is 23.7 Å². The van der Waals surface area contributed by atoms with Gasteiger partial charge in [-0.15, -0.1) is 0 Å². The molecule has 5 nitrogen and oxygen atoms in total. The van der Waals surface area contributed by atoms with E-state index < -0.39 is 0 Å². The maximum atomic E-state index is 13.3. The first-order chi connectivity index (χ1) is 14.9. The van der Waals surface area contributed by atoms with Gasteiger partial charge in [0.2, 0.25) is 0 Å². The smallest absolute Gasteiger partial charge is 0.264 e. The van der Waals surface area contributed by atoms with Crippen LogP contribution in [0.4, 0.5) is 0 Å². The predicted octanol–water partition coefficient (Wildman–Crippen LogP) is 4.96. The van der Waals surface area contributed by atoms with Crippen molar-refractivity contribution in [2.24, 2.45) is 0 Å². The van der Waals surface area contributed by atoms with E-state index in [9.17, 15) is 9.59 Å². The van der Waals surface area contributed by atoms with Gasteiger partial charge in [-0.25, -0.2) is 4.98 Å². The van der Waals surface area contributed by atoms with Crippen molar-refractivity contribution in [3.8, 4) is 11.4 Å². The molecular formula is C25H18ClN3O2. The van der Waals surface area contributed by atoms with Gasteiger partial charge < -0.3 is 0 Å². The van der Waals surface area contributed by atoms with Gasteiger partial charge in [0.05, 0.1) is 27.5 Å². The second-order valence-electron chi connectivity index (χ2n) is 7.60. The van der Waals surface area contributed by atoms with Crippen LogP contribution in [0.2, 0.25) is 5.02 Å². The van der Waals surface area contributed by atoms with E-state index >= 15 is 0 Å². The molecule has 0 unspecified atom stereocenters. The molecule has 0 radical (unpaired) electrons. The third-order valence-electron chi connectivity index (χ3n) is 5.47. The molecule has 0 N–H and O–H groups in total. The maximum Gasteiger partial charge on any atom is 0.264 e. The zero-order valence-corrected chi connectivity index (χ0v) is 17.7. The maximum absolute atomic E-state index is 13.3. The molecule has 31 heavy (non-hydrogen) atoms. The summed E-state index contributed by atoms with van der Waals surface area (Å²) in [5, 5.41) is 1.39. The SMILES string of the molecule is Cc1ccc(C)c(-n2ccc3nc4ccn(-c5ccc(Cl)cc5)c(=O)c4cc3c2=O)c1. The summed E-state index contributed by atoms with van der Waals surface area (Å²) in [7, 11) is 0. The highest BCUT2D eigenvalue weighted by molar-refractivity contribution is 6.30. The van der Waals surface area contributed by atoms with Gasteiger partial charge in [0.15, 0.2) is 0 Å². The summed E-state index contributed by atoms with van der Waals surface area (Å²) in [4.78, 5) is 31.1. The minimum atomic E-state index is -0.240. The number of aromatic nitrogens is 3. The lowest BCUT2D eigenvalue weighted by Gasteiger charge is -2.12. The van der Waals surface area contributed by atoms with Crippen LogP contribution >= 0.6 is 11.6 Å². The molecule has 0 aliphatic rings. The minimum absolute atomic E-state index is 0.207. The van der Waals surface area contributed by atoms with E-state index in [1.807, 2.05) is 38.1 Å². The molecule has 0 fully saturated rings. The van der Waals surface area contributed by atoms with E-state index in [-0.39, 0.29) is 11.1 Å². The van der Waals surface area contributed by atoms with Gasteiger partial charge in [-0.05, 0) is 73.5 Å². The fourth-order valence-electron chi connectivity index (χ4n) is 3.80. The Kier molecular flexibility index (Phi) is 4.49. The molecule has 3 heterocycles. The summed E-state index contributed by atoms with van der Waals surface area (Å²) < 4.78 is 3.14. The first-order valence-corrected chi connectivity index (χ1v) is 10.2. The number of rotatable bonds is 2. The Morgan fingerprint density at radius 1 is 0.742 bits per heavy atom. The second-order valence-corrected chi connectivity index (χ2v) is 8.04. The second kappa shape index (κ2) is 7.22. The topological polar surface area (TPSA) is 56.9 Å². The first-order valence-electron chi connectivity index (χ1n) is 9.84. The quantitative estimate of drug-likeness (QED) is 0.374. The van der Waals surface area contributed by atoms with Gasteiger partial charge in [0.1, 0.15) is 0 Å². The van der Waals surface area contributed by atoms with Crippen molar-refractivity contribution in [2.75, 3.05) is 0 Å². The summed E-state index contributed by atoms with van der Waals surface area (Å²) in [6, 6.07) is 18.2. The van der Waals surface area contributed by atoms with Crippen LogP contribution in [0.1, 0.15) is 11.1 Å². The Morgan fingerprint density at radius 2 is 1.35 bits per heavy atom. The number of pyridine rings is 3. The summed E-state index contributed by atoms with van der Waals surface area (Å²) in [6.45, 7) is 3.96. The van der Waals surface area contributed by atoms with Crippen molar-refractivity contribution in [1.29, 1.82) is 0 Å². The molecule has 152 valence electrons. The highest BCUT2D eigenvalue weighted by Crippen LogP contribution is 2.19. The predicted molar refractivity (Wildman–Crippen MR) is 125 cm³/mol. The molecule has 0 saturated heterocycles. The Hall–Kier alpha value is -3.70. The molecule has 0 saturated carbocycles. The van der Waals surface area contributed by atoms with Gasteiger partial charge in [-0.2, -0.15) is 0 Å². The average molecular weight is 428 g/mol. The van der Waals surface area contributed by atoms with Crippen molar-refractivity contribution in [3.05, 3.63) is 110 Å². The van der Waals surface area contributed by atoms with Crippen LogP contribution in [0.5, 0.6) is 0 Å². The van der Waals surface area contributed by atoms with E-state index in [1.165, 1.54) is 4.57 Å². The number of aryl methyl sites for hydroxylation is 2. The standard InChI is InChI=1S/C25H18ClN3O2/c1-15-3-4-16(2)23(13-15)29-12-10-22-20(25(29)31)14-19-21(27-22)9-11-28(24(19)30)18-7-5-17(26)6-8-18/h3-14H,1-2H3. The molecule has 0 atom stereocenters. The number of fused-ring (bicyclic) bond motifs is 2. The molecule has 6 heteroatoms. The van der Waals surface area contributed by atoms with Crippen LogP contribution in [0.15, 0.2) is 82.6 Å². The van der Waals surface area contributed by atoms with Crippen LogP contribution in [-0.2, 0) is 0 Å². The molecule has 0 aliphatic heterocycles. The third kappa shape index (κ3) is 3.23. The summed E-state index contributed by atoms with van der Waals surface area (Å²) in [5.41, 5.74) is 4.23. The Bertz CT molecular complexity index is 1600. The van der Waals surface area contributed by atoms with Crippen molar-refractivity contribution >= 4 is 33.4 Å². The number of hydrogen-bond acceptors (Lipinski definition) is 3. The van der Waals surface area contributed by atoms with Gasteiger partial charge >= 0.3 is 0 Å². The summed E-state index contributed by atoms with van der Waals surface area (Å²) >= 11 is 5.97. The Morgan fingerprint density at radius 3 is 2.03 bits per heavy atom. The molecule has 2 aromatic carbocycles. The van der Waals surface area contributed by atoms with Gasteiger partial charge in [-0.3, -0.25) is 18.7 Å². The third-order valence-corrected chi connectivity index (χ3v) is 5.72. The fraction of sp³-hybridized carbons (Fsp3) is 0.0800. The van der Waals surface area contributed by atoms with Gasteiger partial charge in [0, 0.05) is 23.1 Å². The van der Waals surface area contributed by atoms with Crippen molar-refractivity contribution < 1.29 is 0 Å². The highest BCUT2D eigenvalue weighted by atomic mass is 35.5. The van der Waals surface area contributed by atoms with Crippen molar-refractivity contribution in [3.63, 3.8) is 0 Å². The lowest BCUT2D eigenvalue weighted by molar-refractivity contribution is 0.988. The van der Waals surface area contributed by atoms with Crippen LogP contribution < -0.4 is 11.1 Å². The molecule has 0 amide bonds. The summed E-state index contributed by atoms with van der Waals surface area (Å²) in [5.74, 6) is 0. The highest BCUT2D eigenvalue weighted by Gasteiger charge is 2.12. The van der Waals surface area contributed by atoms with Gasteiger partial charge in [0.25, 0.3) is 11.1 Å². The van der Waals surface area contributed by atoms with Crippen molar-refractivity contribution in [2.45, 2.75) is 13.8 Å². The van der Waals surface area contributed by atoms with E-state index in [4.69, 9.17) is 11.6 Å². The molecule has 3 aromatic heterocycles. The van der Waals surface area contributed by atoms with E-state index in [0.717, 1.165) is 16.8 Å². The lowest BCUT2D eigenvalue weighted by Crippen LogP contribution is -2.21. The minimum Gasteiger partial charge on any atom is -0.284 e. The van der Waals surface area contributed by atoms with Crippen LogP contribution in [-0.4, -0.2) is 14.1 Å². The number of hydrogen-bond donors (Lipinski definition) is 0. The fourth-order valence-corrected chi connectivity index (χ4v) is 3.92. The largest absolute Gasteiger partial charge is 0.284 e. The molecule has 5 aromatic rings. The zero-order valence-electron chi connectivity index (χ0n) is 17.0. The Labute approximate surface area is 182 Å². The molecular weight excluding hydrogens is 410 g/mol. The van der Waals surface area contributed by atoms with Crippen molar-refractivity contribution in [1.82, 2.24) is 14.1 Å². The molecule has 0 bridgehead atoms. The number of halogens is 1. The number of benzene rings is 2. The van der Waals surface area contributed by atoms with E-state index in [2.05, 4.69) is 4.98 Å². The summed E-state index contributed by atoms with van der Waals surface area (Å²) in [6.07, 6.45) is 3.42. The zero-order chi connectivity index (χ0) is 21.7. The van der Waals surface area contributed by atoms with E-state index in [0.29, 0.717) is 32.5 Å². The molecule has 0 aliphatic carbocycles. The van der Waals surface area contributed by atoms with Crippen LogP contribution in [0.25, 0.3) is 33.2 Å².